The van der Waals surface area contributed by atoms with E-state index in [1.807, 2.05) is 38.1 Å². The van der Waals surface area contributed by atoms with E-state index >= 15 is 0 Å². The molecule has 5 heteroatoms. The van der Waals surface area contributed by atoms with E-state index in [-0.39, 0.29) is 11.3 Å². The van der Waals surface area contributed by atoms with Gasteiger partial charge < -0.3 is 10.1 Å². The molecule has 0 saturated carbocycles. The van der Waals surface area contributed by atoms with E-state index < -0.39 is 0 Å². The van der Waals surface area contributed by atoms with Gasteiger partial charge in [-0.2, -0.15) is 5.26 Å². The van der Waals surface area contributed by atoms with Crippen LogP contribution in [0.3, 0.4) is 0 Å². The van der Waals surface area contributed by atoms with Crippen LogP contribution < -0.4 is 0 Å². The van der Waals surface area contributed by atoms with Crippen molar-refractivity contribution < 1.29 is 5.11 Å². The SMILES string of the molecule is Cc1ccc(C)c(SCC(O)=C(C#N)c2nc3ccccc3[nH]2)c1. The highest BCUT2D eigenvalue weighted by atomic mass is 32.2. The van der Waals surface area contributed by atoms with Crippen LogP contribution in [-0.2, 0) is 0 Å². The zero-order chi connectivity index (χ0) is 17.1. The van der Waals surface area contributed by atoms with E-state index in [0.717, 1.165) is 21.5 Å². The first-order valence-corrected chi connectivity index (χ1v) is 8.54. The maximum Gasteiger partial charge on any atom is 0.152 e. The number of nitrogens with zero attached hydrogens (tertiary/aromatic N) is 2. The molecule has 120 valence electrons. The number of allylic oxidation sites excluding steroid dienone is 1. The Balaban J connectivity index is 1.87. The quantitative estimate of drug-likeness (QED) is 0.409. The average molecular weight is 335 g/mol. The number of hydrogen-bond donors (Lipinski definition) is 2. The fourth-order valence-corrected chi connectivity index (χ4v) is 3.41. The summed E-state index contributed by atoms with van der Waals surface area (Å²) in [4.78, 5) is 8.57. The van der Waals surface area contributed by atoms with Gasteiger partial charge in [0.2, 0.25) is 0 Å². The molecule has 2 aromatic carbocycles. The van der Waals surface area contributed by atoms with Gasteiger partial charge in [0.05, 0.1) is 16.8 Å². The molecule has 0 amide bonds. The van der Waals surface area contributed by atoms with Crippen molar-refractivity contribution in [1.82, 2.24) is 9.97 Å². The first kappa shape index (κ1) is 16.2. The van der Waals surface area contributed by atoms with E-state index in [4.69, 9.17) is 0 Å². The average Bonchev–Trinajstić information content (AvgIpc) is 3.00. The molecule has 1 aromatic heterocycles. The maximum absolute atomic E-state index is 10.4. The summed E-state index contributed by atoms with van der Waals surface area (Å²) in [5, 5.41) is 19.8. The summed E-state index contributed by atoms with van der Waals surface area (Å²) in [6.45, 7) is 4.07. The second-order valence-corrected chi connectivity index (χ2v) is 6.61. The van der Waals surface area contributed by atoms with Crippen molar-refractivity contribution in [3.63, 3.8) is 0 Å². The highest BCUT2D eigenvalue weighted by molar-refractivity contribution is 7.99. The number of rotatable bonds is 4. The Labute approximate surface area is 144 Å². The molecule has 0 spiro atoms. The summed E-state index contributed by atoms with van der Waals surface area (Å²) in [5.74, 6) is 0.754. The van der Waals surface area contributed by atoms with E-state index in [9.17, 15) is 10.4 Å². The number of thioether (sulfide) groups is 1. The van der Waals surface area contributed by atoms with Crippen molar-refractivity contribution in [2.24, 2.45) is 0 Å². The van der Waals surface area contributed by atoms with E-state index in [1.165, 1.54) is 17.3 Å². The van der Waals surface area contributed by atoms with Crippen molar-refractivity contribution >= 4 is 28.4 Å². The van der Waals surface area contributed by atoms with Gasteiger partial charge in [-0.1, -0.05) is 29.8 Å². The molecule has 0 aliphatic rings. The monoisotopic (exact) mass is 335 g/mol. The first-order valence-electron chi connectivity index (χ1n) is 7.56. The van der Waals surface area contributed by atoms with Gasteiger partial charge in [0, 0.05) is 4.90 Å². The lowest BCUT2D eigenvalue weighted by Crippen LogP contribution is -1.95. The molecule has 0 unspecified atom stereocenters. The van der Waals surface area contributed by atoms with Gasteiger partial charge >= 0.3 is 0 Å². The number of aromatic nitrogens is 2. The lowest BCUT2D eigenvalue weighted by atomic mass is 10.2. The highest BCUT2D eigenvalue weighted by Gasteiger charge is 2.13. The normalized spacial score (nSPS) is 12.0. The van der Waals surface area contributed by atoms with Gasteiger partial charge in [0.1, 0.15) is 17.4 Å². The summed E-state index contributed by atoms with van der Waals surface area (Å²) < 4.78 is 0. The van der Waals surface area contributed by atoms with Gasteiger partial charge in [-0.05, 0) is 37.6 Å². The Morgan fingerprint density at radius 1 is 1.25 bits per heavy atom. The van der Waals surface area contributed by atoms with Crippen LogP contribution in [-0.4, -0.2) is 20.8 Å². The minimum Gasteiger partial charge on any atom is -0.510 e. The Morgan fingerprint density at radius 2 is 2.04 bits per heavy atom. The van der Waals surface area contributed by atoms with E-state index in [1.54, 1.807) is 0 Å². The molecule has 2 N–H and O–H groups in total. The van der Waals surface area contributed by atoms with Crippen LogP contribution in [0.5, 0.6) is 0 Å². The topological polar surface area (TPSA) is 72.7 Å². The molecule has 3 aromatic rings. The van der Waals surface area contributed by atoms with Crippen LogP contribution >= 0.6 is 11.8 Å². The number of benzene rings is 2. The van der Waals surface area contributed by atoms with Crippen LogP contribution in [0, 0.1) is 25.2 Å². The lowest BCUT2D eigenvalue weighted by Gasteiger charge is -2.07. The molecule has 0 fully saturated rings. The minimum absolute atomic E-state index is 0.0301. The fraction of sp³-hybridized carbons (Fsp3) is 0.158. The van der Waals surface area contributed by atoms with Crippen LogP contribution in [0.1, 0.15) is 17.0 Å². The Kier molecular flexibility index (Phi) is 4.59. The molecule has 0 bridgehead atoms. The highest BCUT2D eigenvalue weighted by Crippen LogP contribution is 2.27. The number of fused-ring (bicyclic) bond motifs is 1. The fourth-order valence-electron chi connectivity index (χ4n) is 2.41. The van der Waals surface area contributed by atoms with Gasteiger partial charge in [-0.15, -0.1) is 11.8 Å². The number of aliphatic hydroxyl groups excluding tert-OH is 1. The smallest absolute Gasteiger partial charge is 0.152 e. The van der Waals surface area contributed by atoms with Crippen LogP contribution in [0.4, 0.5) is 0 Å². The molecule has 0 aliphatic carbocycles. The summed E-state index contributed by atoms with van der Waals surface area (Å²) in [5.41, 5.74) is 4.12. The third-order valence-corrected chi connectivity index (χ3v) is 4.90. The molecule has 0 radical (unpaired) electrons. The van der Waals surface area contributed by atoms with Crippen LogP contribution in [0.25, 0.3) is 16.6 Å². The number of aliphatic hydroxyl groups is 1. The largest absolute Gasteiger partial charge is 0.510 e. The summed E-state index contributed by atoms with van der Waals surface area (Å²) in [6, 6.07) is 15.8. The Morgan fingerprint density at radius 3 is 2.79 bits per heavy atom. The van der Waals surface area contributed by atoms with Gasteiger partial charge in [-0.25, -0.2) is 4.98 Å². The standard InChI is InChI=1S/C19H17N3OS/c1-12-7-8-13(2)18(9-12)24-11-17(23)14(10-20)19-21-15-5-3-4-6-16(15)22-19/h3-9,23H,11H2,1-2H3,(H,21,22). The van der Waals surface area contributed by atoms with Gasteiger partial charge in [0.25, 0.3) is 0 Å². The molecule has 3 rings (SSSR count). The van der Waals surface area contributed by atoms with Gasteiger partial charge in [0.15, 0.2) is 5.82 Å². The van der Waals surface area contributed by atoms with Crippen molar-refractivity contribution in [2.75, 3.05) is 5.75 Å². The third kappa shape index (κ3) is 3.29. The zero-order valence-corrected chi connectivity index (χ0v) is 14.3. The molecular weight excluding hydrogens is 318 g/mol. The molecule has 4 nitrogen and oxygen atoms in total. The lowest BCUT2D eigenvalue weighted by molar-refractivity contribution is 0.420. The Hall–Kier alpha value is -2.71. The van der Waals surface area contributed by atoms with E-state index in [0.29, 0.717) is 11.6 Å². The van der Waals surface area contributed by atoms with Crippen LogP contribution in [0.15, 0.2) is 53.1 Å². The number of aryl methyl sites for hydroxylation is 2. The van der Waals surface area contributed by atoms with Crippen molar-refractivity contribution in [2.45, 2.75) is 18.7 Å². The number of nitriles is 1. The van der Waals surface area contributed by atoms with Crippen molar-refractivity contribution in [1.29, 1.82) is 5.26 Å². The molecule has 24 heavy (non-hydrogen) atoms. The number of H-pyrrole nitrogens is 1. The van der Waals surface area contributed by atoms with Crippen molar-refractivity contribution in [3.8, 4) is 6.07 Å². The van der Waals surface area contributed by atoms with Crippen LogP contribution in [0.2, 0.25) is 0 Å². The second-order valence-electron chi connectivity index (χ2n) is 5.59. The maximum atomic E-state index is 10.4. The number of hydrogen-bond acceptors (Lipinski definition) is 4. The number of para-hydroxylation sites is 2. The molecule has 0 aliphatic heterocycles. The summed E-state index contributed by atoms with van der Waals surface area (Å²) in [6.07, 6.45) is 0. The number of aromatic amines is 1. The Bertz CT molecular complexity index is 933. The molecular formula is C19H17N3OS. The molecule has 0 saturated heterocycles. The predicted molar refractivity (Wildman–Crippen MR) is 97.9 cm³/mol. The van der Waals surface area contributed by atoms with Gasteiger partial charge in [-0.3, -0.25) is 0 Å². The predicted octanol–water partition coefficient (Wildman–Crippen LogP) is 4.76. The van der Waals surface area contributed by atoms with Crippen molar-refractivity contribution in [3.05, 3.63) is 65.2 Å². The summed E-state index contributed by atoms with van der Waals surface area (Å²) in [7, 11) is 0. The summed E-state index contributed by atoms with van der Waals surface area (Å²) >= 11 is 1.51. The third-order valence-electron chi connectivity index (χ3n) is 3.73. The zero-order valence-electron chi connectivity index (χ0n) is 13.5. The minimum atomic E-state index is 0.0301. The first-order chi connectivity index (χ1) is 11.6. The number of imidazole rings is 1. The second kappa shape index (κ2) is 6.81. The van der Waals surface area contributed by atoms with E-state index in [2.05, 4.69) is 34.2 Å². The number of nitrogens with one attached hydrogen (secondary N) is 1. The molecule has 1 heterocycles. The molecule has 0 atom stereocenters.